The van der Waals surface area contributed by atoms with E-state index in [2.05, 4.69) is 19.9 Å². The molecule has 0 fully saturated rings. The Morgan fingerprint density at radius 2 is 1.00 bits per heavy atom. The highest BCUT2D eigenvalue weighted by Crippen LogP contribution is 2.20. The summed E-state index contributed by atoms with van der Waals surface area (Å²) >= 11 is 11.6. The van der Waals surface area contributed by atoms with E-state index in [0.717, 1.165) is 9.80 Å². The predicted octanol–water partition coefficient (Wildman–Crippen LogP) is -0.556. The Kier molecular flexibility index (Phi) is 8.74. The van der Waals surface area contributed by atoms with Crippen LogP contribution in [0.1, 0.15) is 40.2 Å². The second-order valence-electron chi connectivity index (χ2n) is 7.01. The number of rotatable bonds is 8. The molecule has 0 saturated heterocycles. The minimum atomic E-state index is -0.779. The largest absolute Gasteiger partial charge is 0.382 e. The molecule has 2 amide bonds. The van der Waals surface area contributed by atoms with Crippen molar-refractivity contribution in [1.82, 2.24) is 29.7 Å². The summed E-state index contributed by atoms with van der Waals surface area (Å²) in [6, 6.07) is 0. The number of aromatic nitrogens is 4. The van der Waals surface area contributed by atoms with Crippen molar-refractivity contribution >= 4 is 70.2 Å². The molecule has 35 heavy (non-hydrogen) atoms. The van der Waals surface area contributed by atoms with Crippen molar-refractivity contribution < 1.29 is 9.59 Å². The van der Waals surface area contributed by atoms with Gasteiger partial charge in [0.2, 0.25) is 0 Å². The molecule has 0 saturated carbocycles. The van der Waals surface area contributed by atoms with Gasteiger partial charge in [0.25, 0.3) is 11.8 Å². The molecule has 0 atom stereocenters. The average Bonchev–Trinajstić information content (AvgIpc) is 2.77. The van der Waals surface area contributed by atoms with Gasteiger partial charge in [0.05, 0.1) is 0 Å². The lowest BCUT2D eigenvalue weighted by molar-refractivity contribution is 0.0837. The lowest BCUT2D eigenvalue weighted by atomic mass is 10.2. The molecule has 0 unspecified atom stereocenters. The Bertz CT molecular complexity index is 1080. The second kappa shape index (κ2) is 11.3. The van der Waals surface area contributed by atoms with Crippen LogP contribution in [0.25, 0.3) is 0 Å². The molecule has 2 rings (SSSR count). The molecule has 188 valence electrons. The summed E-state index contributed by atoms with van der Waals surface area (Å²) in [5.74, 6) is -3.45. The predicted molar refractivity (Wildman–Crippen MR) is 131 cm³/mol. The van der Waals surface area contributed by atoms with Gasteiger partial charge in [-0.15, -0.1) is 0 Å². The van der Waals surface area contributed by atoms with Gasteiger partial charge < -0.3 is 34.4 Å². The Hall–Kier alpha value is -4.18. The first-order valence-corrected chi connectivity index (χ1v) is 10.6. The summed E-state index contributed by atoms with van der Waals surface area (Å²) in [4.78, 5) is 42.5. The van der Waals surface area contributed by atoms with E-state index in [1.54, 1.807) is 0 Å². The Labute approximate surface area is 209 Å². The molecule has 2 heterocycles. The van der Waals surface area contributed by atoms with Crippen LogP contribution in [0.15, 0.2) is 0 Å². The van der Waals surface area contributed by atoms with Crippen LogP contribution in [0.4, 0.5) is 23.3 Å². The summed E-state index contributed by atoms with van der Waals surface area (Å²) in [6.45, 7) is 0.0502. The fourth-order valence-corrected chi connectivity index (χ4v) is 3.09. The fraction of sp³-hybridized carbons (Fsp3) is 0.294. The summed E-state index contributed by atoms with van der Waals surface area (Å²) in [6.07, 6.45) is 1.16. The zero-order valence-corrected chi connectivity index (χ0v) is 19.8. The lowest BCUT2D eigenvalue weighted by Gasteiger charge is -2.22. The molecule has 0 aliphatic rings. The molecule has 0 aliphatic heterocycles. The van der Waals surface area contributed by atoms with Crippen LogP contribution in [0.3, 0.4) is 0 Å². The molecule has 18 heteroatoms. The number of hydrogen-bond donors (Lipinski definition) is 8. The monoisotopic (exact) mass is 526 g/mol. The number of unbranched alkanes of at least 4 members (excludes halogenated alkanes) is 2. The van der Waals surface area contributed by atoms with Crippen LogP contribution in [0.2, 0.25) is 10.3 Å². The number of hydrogen-bond acceptors (Lipinski definition) is 12. The van der Waals surface area contributed by atoms with E-state index in [9.17, 15) is 9.59 Å². The van der Waals surface area contributed by atoms with Gasteiger partial charge in [-0.3, -0.25) is 30.2 Å². The van der Waals surface area contributed by atoms with Gasteiger partial charge in [-0.2, -0.15) is 0 Å². The van der Waals surface area contributed by atoms with Crippen molar-refractivity contribution in [2.45, 2.75) is 19.3 Å². The van der Waals surface area contributed by atoms with E-state index in [1.807, 2.05) is 0 Å². The van der Waals surface area contributed by atoms with E-state index in [0.29, 0.717) is 19.3 Å². The number of amides is 2. The van der Waals surface area contributed by atoms with Gasteiger partial charge in [-0.1, -0.05) is 23.2 Å². The number of anilines is 4. The number of nitrogen functional groups attached to an aromatic ring is 4. The van der Waals surface area contributed by atoms with Crippen molar-refractivity contribution in [3.63, 3.8) is 0 Å². The molecule has 2 aromatic heterocycles. The average molecular weight is 527 g/mol. The molecular formula is C17H24Cl2N14O2. The molecule has 2 aromatic rings. The topological polar surface area (TPSA) is 296 Å². The minimum absolute atomic E-state index is 0.0251. The van der Waals surface area contributed by atoms with Crippen LogP contribution >= 0.6 is 23.2 Å². The standard InChI is InChI=1S/C17H24Cl2N14O2/c18-8-12(22)30-10(20)6(28-8)14(34)32(16(24)25)4-2-1-3-5-33(17(26)27)15(35)7-11(21)31-13(23)9(19)29-7/h1-5H2,(H3,24,25)(H3,26,27)(H4,20,22,30)(H4,21,23,31). The van der Waals surface area contributed by atoms with E-state index in [4.69, 9.17) is 68.4 Å². The first-order chi connectivity index (χ1) is 16.3. The first kappa shape index (κ1) is 27.1. The van der Waals surface area contributed by atoms with Crippen molar-refractivity contribution in [2.75, 3.05) is 36.0 Å². The van der Waals surface area contributed by atoms with E-state index in [1.165, 1.54) is 0 Å². The number of nitrogens with one attached hydrogen (secondary N) is 2. The van der Waals surface area contributed by atoms with Crippen molar-refractivity contribution in [3.8, 4) is 0 Å². The van der Waals surface area contributed by atoms with Gasteiger partial charge >= 0.3 is 0 Å². The maximum atomic E-state index is 12.7. The SMILES string of the molecule is N=C(N)N(CCCCCN(C(=N)N)C(=O)c1nc(Cl)c(N)nc1N)C(=O)c1nc(Cl)c(N)nc1N. The molecule has 0 aliphatic carbocycles. The molecule has 0 aromatic carbocycles. The van der Waals surface area contributed by atoms with Crippen LogP contribution in [-0.4, -0.2) is 66.6 Å². The highest BCUT2D eigenvalue weighted by atomic mass is 35.5. The summed E-state index contributed by atoms with van der Waals surface area (Å²) < 4.78 is 0. The van der Waals surface area contributed by atoms with Crippen molar-refractivity contribution in [2.24, 2.45) is 11.5 Å². The summed E-state index contributed by atoms with van der Waals surface area (Å²) in [5, 5.41) is 15.0. The normalized spacial score (nSPS) is 10.6. The third-order valence-corrected chi connectivity index (χ3v) is 5.11. The van der Waals surface area contributed by atoms with Gasteiger partial charge in [0.1, 0.15) is 0 Å². The first-order valence-electron chi connectivity index (χ1n) is 9.83. The minimum Gasteiger partial charge on any atom is -0.382 e. The van der Waals surface area contributed by atoms with Gasteiger partial charge in [-0.25, -0.2) is 19.9 Å². The van der Waals surface area contributed by atoms with Gasteiger partial charge in [0.15, 0.2) is 56.9 Å². The lowest BCUT2D eigenvalue weighted by Crippen LogP contribution is -2.43. The zero-order chi connectivity index (χ0) is 26.4. The van der Waals surface area contributed by atoms with E-state index < -0.39 is 23.7 Å². The number of nitrogens with zero attached hydrogens (tertiary/aromatic N) is 6. The fourth-order valence-electron chi connectivity index (χ4n) is 2.83. The van der Waals surface area contributed by atoms with Crippen LogP contribution < -0.4 is 34.4 Å². The summed E-state index contributed by atoms with van der Waals surface area (Å²) in [7, 11) is 0. The third kappa shape index (κ3) is 6.45. The second-order valence-corrected chi connectivity index (χ2v) is 7.73. The molecule has 0 spiro atoms. The highest BCUT2D eigenvalue weighted by Gasteiger charge is 2.25. The van der Waals surface area contributed by atoms with Gasteiger partial charge in [0, 0.05) is 13.1 Å². The highest BCUT2D eigenvalue weighted by molar-refractivity contribution is 6.32. The van der Waals surface area contributed by atoms with E-state index >= 15 is 0 Å². The Balaban J connectivity index is 2.01. The molecule has 0 radical (unpaired) electrons. The zero-order valence-electron chi connectivity index (χ0n) is 18.3. The smallest absolute Gasteiger partial charge is 0.283 e. The number of carbonyl (C=O) groups is 2. The maximum absolute atomic E-state index is 12.7. The van der Waals surface area contributed by atoms with Crippen LogP contribution in [-0.2, 0) is 0 Å². The van der Waals surface area contributed by atoms with E-state index in [-0.39, 0.29) is 58.1 Å². The Morgan fingerprint density at radius 1 is 0.657 bits per heavy atom. The molecule has 16 nitrogen and oxygen atoms in total. The number of halogens is 2. The number of guanidine groups is 2. The number of carbonyl (C=O) groups excluding carboxylic acids is 2. The maximum Gasteiger partial charge on any atom is 0.283 e. The van der Waals surface area contributed by atoms with Crippen LogP contribution in [0.5, 0.6) is 0 Å². The Morgan fingerprint density at radius 3 is 1.31 bits per heavy atom. The summed E-state index contributed by atoms with van der Waals surface area (Å²) in [5.41, 5.74) is 32.9. The number of nitrogens with two attached hydrogens (primary N) is 6. The van der Waals surface area contributed by atoms with Crippen LogP contribution in [0, 0.1) is 10.8 Å². The van der Waals surface area contributed by atoms with Crippen molar-refractivity contribution in [1.29, 1.82) is 10.8 Å². The quantitative estimate of drug-likeness (QED) is 0.122. The molecule has 14 N–H and O–H groups in total. The molecular weight excluding hydrogens is 503 g/mol. The van der Waals surface area contributed by atoms with Crippen molar-refractivity contribution in [3.05, 3.63) is 21.7 Å². The van der Waals surface area contributed by atoms with Gasteiger partial charge in [-0.05, 0) is 19.3 Å². The third-order valence-electron chi connectivity index (χ3n) is 4.55. The molecule has 0 bridgehead atoms.